The van der Waals surface area contributed by atoms with Crippen LogP contribution >= 0.6 is 0 Å². The molecule has 0 bridgehead atoms. The summed E-state index contributed by atoms with van der Waals surface area (Å²) in [6.07, 6.45) is 2.24. The molecular formula is C23H29N7O4S. The second-order valence-electron chi connectivity index (χ2n) is 8.57. The fourth-order valence-corrected chi connectivity index (χ4v) is 4.91. The Kier molecular flexibility index (Phi) is 7.31. The molecule has 11 nitrogen and oxygen atoms in total. The Morgan fingerprint density at radius 2 is 1.83 bits per heavy atom. The van der Waals surface area contributed by atoms with E-state index in [9.17, 15) is 18.0 Å². The molecule has 1 aromatic carbocycles. The number of hydrogen-bond donors (Lipinski definition) is 4. The third kappa shape index (κ3) is 6.34. The van der Waals surface area contributed by atoms with Gasteiger partial charge >= 0.3 is 0 Å². The van der Waals surface area contributed by atoms with Gasteiger partial charge in [-0.05, 0) is 18.9 Å². The van der Waals surface area contributed by atoms with E-state index in [-0.39, 0.29) is 17.9 Å². The molecule has 12 heteroatoms. The first-order valence-electron chi connectivity index (χ1n) is 11.4. The van der Waals surface area contributed by atoms with Gasteiger partial charge in [0.05, 0.1) is 11.6 Å². The summed E-state index contributed by atoms with van der Waals surface area (Å²) >= 11 is 0. The van der Waals surface area contributed by atoms with Crippen LogP contribution in [0.3, 0.4) is 0 Å². The highest BCUT2D eigenvalue weighted by molar-refractivity contribution is 7.88. The third-order valence-corrected chi connectivity index (χ3v) is 6.47. The van der Waals surface area contributed by atoms with Crippen molar-refractivity contribution >= 4 is 38.7 Å². The Bertz CT molecular complexity index is 1320. The molecule has 0 saturated carbocycles. The van der Waals surface area contributed by atoms with Gasteiger partial charge in [-0.15, -0.1) is 0 Å². The molecule has 0 atom stereocenters. The van der Waals surface area contributed by atoms with Crippen molar-refractivity contribution in [1.29, 1.82) is 0 Å². The third-order valence-electron chi connectivity index (χ3n) is 5.70. The average molecular weight is 500 g/mol. The molecule has 1 aliphatic heterocycles. The van der Waals surface area contributed by atoms with Crippen LogP contribution in [0.25, 0.3) is 22.4 Å². The molecule has 186 valence electrons. The van der Waals surface area contributed by atoms with Crippen molar-refractivity contribution in [1.82, 2.24) is 29.9 Å². The first kappa shape index (κ1) is 24.6. The molecule has 2 amide bonds. The number of H-pyrrole nitrogens is 1. The van der Waals surface area contributed by atoms with E-state index in [0.29, 0.717) is 67.4 Å². The normalized spacial score (nSPS) is 14.7. The fraction of sp³-hybridized carbons (Fsp3) is 0.391. The van der Waals surface area contributed by atoms with Crippen molar-refractivity contribution in [2.24, 2.45) is 0 Å². The number of nitrogens with one attached hydrogen (secondary N) is 4. The standard InChI is InChI=1S/C23H29N7O4S/c1-15(31)24-10-11-25-21-18-14-19(23(32)30-12-8-17(9-13-30)29-35(2,33)34)26-22(18)28-20(27-21)16-6-4-3-5-7-16/h3-7,14,17,29H,8-13H2,1-2H3,(H,24,31)(H2,25,26,27,28). The molecule has 0 unspecified atom stereocenters. The van der Waals surface area contributed by atoms with E-state index >= 15 is 0 Å². The molecule has 3 aromatic rings. The Balaban J connectivity index is 1.57. The smallest absolute Gasteiger partial charge is 0.270 e. The highest BCUT2D eigenvalue weighted by atomic mass is 32.2. The predicted molar refractivity (Wildman–Crippen MR) is 133 cm³/mol. The van der Waals surface area contributed by atoms with Gasteiger partial charge in [0.1, 0.15) is 17.2 Å². The zero-order valence-corrected chi connectivity index (χ0v) is 20.5. The van der Waals surface area contributed by atoms with Crippen LogP contribution in [0.2, 0.25) is 0 Å². The van der Waals surface area contributed by atoms with E-state index in [2.05, 4.69) is 30.3 Å². The lowest BCUT2D eigenvalue weighted by Crippen LogP contribution is -2.46. The molecule has 1 saturated heterocycles. The minimum Gasteiger partial charge on any atom is -0.368 e. The van der Waals surface area contributed by atoms with Gasteiger partial charge in [0, 0.05) is 44.7 Å². The maximum absolute atomic E-state index is 13.2. The van der Waals surface area contributed by atoms with Crippen LogP contribution < -0.4 is 15.4 Å². The molecule has 3 heterocycles. The van der Waals surface area contributed by atoms with Crippen LogP contribution in [0, 0.1) is 0 Å². The zero-order chi connectivity index (χ0) is 25.0. The van der Waals surface area contributed by atoms with Gasteiger partial charge in [-0.3, -0.25) is 9.59 Å². The number of rotatable bonds is 8. The van der Waals surface area contributed by atoms with Crippen LogP contribution in [-0.4, -0.2) is 78.6 Å². The van der Waals surface area contributed by atoms with Crippen LogP contribution in [0.4, 0.5) is 5.82 Å². The lowest BCUT2D eigenvalue weighted by Gasteiger charge is -2.31. The summed E-state index contributed by atoms with van der Waals surface area (Å²) in [6.45, 7) is 3.23. The molecule has 2 aromatic heterocycles. The number of hydrogen-bond acceptors (Lipinski definition) is 7. The highest BCUT2D eigenvalue weighted by Gasteiger charge is 2.26. The van der Waals surface area contributed by atoms with Gasteiger partial charge in [0.25, 0.3) is 5.91 Å². The van der Waals surface area contributed by atoms with Gasteiger partial charge in [0.2, 0.25) is 15.9 Å². The molecule has 0 spiro atoms. The Morgan fingerprint density at radius 3 is 2.49 bits per heavy atom. The number of likely N-dealkylation sites (tertiary alicyclic amines) is 1. The largest absolute Gasteiger partial charge is 0.368 e. The summed E-state index contributed by atoms with van der Waals surface area (Å²) < 4.78 is 25.6. The minimum absolute atomic E-state index is 0.116. The molecule has 0 radical (unpaired) electrons. The average Bonchev–Trinajstić information content (AvgIpc) is 3.25. The minimum atomic E-state index is -3.28. The van der Waals surface area contributed by atoms with E-state index in [1.807, 2.05) is 30.3 Å². The topological polar surface area (TPSA) is 149 Å². The van der Waals surface area contributed by atoms with Crippen molar-refractivity contribution in [2.45, 2.75) is 25.8 Å². The maximum Gasteiger partial charge on any atom is 0.270 e. The molecule has 4 N–H and O–H groups in total. The molecule has 1 fully saturated rings. The van der Waals surface area contributed by atoms with E-state index in [4.69, 9.17) is 0 Å². The van der Waals surface area contributed by atoms with Gasteiger partial charge in [-0.25, -0.2) is 23.1 Å². The first-order valence-corrected chi connectivity index (χ1v) is 13.3. The molecule has 1 aliphatic rings. The molecule has 4 rings (SSSR count). The van der Waals surface area contributed by atoms with Crippen molar-refractivity contribution in [3.8, 4) is 11.4 Å². The van der Waals surface area contributed by atoms with Crippen LogP contribution in [0.5, 0.6) is 0 Å². The number of carbonyl (C=O) groups is 2. The molecule has 0 aliphatic carbocycles. The Labute approximate surface area is 203 Å². The van der Waals surface area contributed by atoms with Crippen LogP contribution in [0.15, 0.2) is 36.4 Å². The molecule has 35 heavy (non-hydrogen) atoms. The van der Waals surface area contributed by atoms with Crippen LogP contribution in [-0.2, 0) is 14.8 Å². The van der Waals surface area contributed by atoms with Crippen molar-refractivity contribution < 1.29 is 18.0 Å². The van der Waals surface area contributed by atoms with Crippen LogP contribution in [0.1, 0.15) is 30.3 Å². The lowest BCUT2D eigenvalue weighted by molar-refractivity contribution is -0.118. The summed E-state index contributed by atoms with van der Waals surface area (Å²) in [5.74, 6) is 0.778. The van der Waals surface area contributed by atoms with Gasteiger partial charge < -0.3 is 20.5 Å². The summed E-state index contributed by atoms with van der Waals surface area (Å²) in [7, 11) is -3.28. The zero-order valence-electron chi connectivity index (χ0n) is 19.7. The number of sulfonamides is 1. The predicted octanol–water partition coefficient (Wildman–Crippen LogP) is 1.33. The quantitative estimate of drug-likeness (QED) is 0.342. The second-order valence-corrected chi connectivity index (χ2v) is 10.4. The fourth-order valence-electron chi connectivity index (χ4n) is 4.07. The number of aromatic amines is 1. The number of fused-ring (bicyclic) bond motifs is 1. The van der Waals surface area contributed by atoms with E-state index in [1.54, 1.807) is 11.0 Å². The number of carbonyl (C=O) groups excluding carboxylic acids is 2. The Morgan fingerprint density at radius 1 is 1.11 bits per heavy atom. The summed E-state index contributed by atoms with van der Waals surface area (Å²) in [5, 5.41) is 6.65. The summed E-state index contributed by atoms with van der Waals surface area (Å²) in [4.78, 5) is 38.5. The van der Waals surface area contributed by atoms with Gasteiger partial charge in [0.15, 0.2) is 5.82 Å². The second kappa shape index (κ2) is 10.4. The summed E-state index contributed by atoms with van der Waals surface area (Å²) in [6, 6.07) is 11.1. The van der Waals surface area contributed by atoms with Crippen molar-refractivity contribution in [3.63, 3.8) is 0 Å². The number of nitrogens with zero attached hydrogens (tertiary/aromatic N) is 3. The number of amides is 2. The SMILES string of the molecule is CC(=O)NCCNc1nc(-c2ccccc2)nc2[nH]c(C(=O)N3CCC(NS(C)(=O)=O)CC3)cc12. The van der Waals surface area contributed by atoms with Gasteiger partial charge in [-0.2, -0.15) is 0 Å². The van der Waals surface area contributed by atoms with Gasteiger partial charge in [-0.1, -0.05) is 30.3 Å². The van der Waals surface area contributed by atoms with E-state index in [0.717, 1.165) is 11.8 Å². The number of benzene rings is 1. The highest BCUT2D eigenvalue weighted by Crippen LogP contribution is 2.26. The van der Waals surface area contributed by atoms with Crippen molar-refractivity contribution in [3.05, 3.63) is 42.1 Å². The number of aromatic nitrogens is 3. The van der Waals surface area contributed by atoms with E-state index < -0.39 is 10.0 Å². The van der Waals surface area contributed by atoms with E-state index in [1.165, 1.54) is 6.92 Å². The van der Waals surface area contributed by atoms with Crippen molar-refractivity contribution in [2.75, 3.05) is 37.8 Å². The Hall–Kier alpha value is -3.51. The first-order chi connectivity index (χ1) is 16.7. The lowest BCUT2D eigenvalue weighted by atomic mass is 10.1. The maximum atomic E-state index is 13.2. The number of piperidine rings is 1. The number of anilines is 1. The molecular weight excluding hydrogens is 470 g/mol. The summed E-state index contributed by atoms with van der Waals surface area (Å²) in [5.41, 5.74) is 1.75. The monoisotopic (exact) mass is 499 g/mol.